The first-order valence-corrected chi connectivity index (χ1v) is 6.62. The van der Waals surface area contributed by atoms with E-state index in [4.69, 9.17) is 10.2 Å². The predicted molar refractivity (Wildman–Crippen MR) is 67.6 cm³/mol. The van der Waals surface area contributed by atoms with E-state index in [0.717, 1.165) is 31.2 Å². The van der Waals surface area contributed by atoms with Gasteiger partial charge >= 0.3 is 0 Å². The average molecular weight is 237 g/mol. The van der Waals surface area contributed by atoms with Crippen LogP contribution >= 0.6 is 0 Å². The van der Waals surface area contributed by atoms with Crippen LogP contribution < -0.4 is 5.73 Å². The van der Waals surface area contributed by atoms with Crippen LogP contribution in [0.5, 0.6) is 0 Å². The first-order valence-electron chi connectivity index (χ1n) is 6.62. The van der Waals surface area contributed by atoms with Crippen LogP contribution in [0.15, 0.2) is 16.7 Å². The molecule has 1 aliphatic rings. The maximum atomic E-state index is 10.6. The SMILES string of the molecule is Cc1ccoc1C(O)C1(CN)CCCCCC1. The lowest BCUT2D eigenvalue weighted by Crippen LogP contribution is -2.36. The molecule has 1 aromatic heterocycles. The summed E-state index contributed by atoms with van der Waals surface area (Å²) in [4.78, 5) is 0. The molecule has 1 aromatic rings. The molecule has 3 heteroatoms. The molecule has 0 aromatic carbocycles. The lowest BCUT2D eigenvalue weighted by atomic mass is 9.74. The Hall–Kier alpha value is -0.800. The summed E-state index contributed by atoms with van der Waals surface area (Å²) in [6.07, 6.45) is 7.93. The van der Waals surface area contributed by atoms with Gasteiger partial charge in [0.05, 0.1) is 6.26 Å². The molecule has 96 valence electrons. The Balaban J connectivity index is 2.24. The molecule has 0 radical (unpaired) electrons. The molecule has 3 N–H and O–H groups in total. The Bertz CT molecular complexity index is 351. The van der Waals surface area contributed by atoms with Crippen LogP contribution in [-0.2, 0) is 0 Å². The molecule has 1 unspecified atom stereocenters. The zero-order valence-electron chi connectivity index (χ0n) is 10.6. The van der Waals surface area contributed by atoms with Crippen molar-refractivity contribution in [3.8, 4) is 0 Å². The number of furan rings is 1. The molecular formula is C14H23NO2. The molecule has 1 atom stereocenters. The van der Waals surface area contributed by atoms with Crippen molar-refractivity contribution in [3.63, 3.8) is 0 Å². The molecule has 0 amide bonds. The topological polar surface area (TPSA) is 59.4 Å². The molecule has 1 aliphatic carbocycles. The van der Waals surface area contributed by atoms with E-state index in [2.05, 4.69) is 0 Å². The van der Waals surface area contributed by atoms with Crippen LogP contribution in [0.2, 0.25) is 0 Å². The minimum absolute atomic E-state index is 0.181. The Kier molecular flexibility index (Phi) is 3.89. The van der Waals surface area contributed by atoms with Gasteiger partial charge in [-0.05, 0) is 31.4 Å². The number of aryl methyl sites for hydroxylation is 1. The second-order valence-electron chi connectivity index (χ2n) is 5.35. The normalized spacial score (nSPS) is 22.1. The van der Waals surface area contributed by atoms with Crippen LogP contribution in [0, 0.1) is 12.3 Å². The molecule has 0 saturated heterocycles. The van der Waals surface area contributed by atoms with Gasteiger partial charge in [0.25, 0.3) is 0 Å². The van der Waals surface area contributed by atoms with E-state index in [1.165, 1.54) is 12.8 Å². The lowest BCUT2D eigenvalue weighted by molar-refractivity contribution is 0.000776. The number of hydrogen-bond acceptors (Lipinski definition) is 3. The van der Waals surface area contributed by atoms with E-state index < -0.39 is 6.10 Å². The van der Waals surface area contributed by atoms with Gasteiger partial charge < -0.3 is 15.3 Å². The molecule has 17 heavy (non-hydrogen) atoms. The van der Waals surface area contributed by atoms with E-state index in [-0.39, 0.29) is 5.41 Å². The molecule has 0 aliphatic heterocycles. The van der Waals surface area contributed by atoms with Crippen molar-refractivity contribution in [2.24, 2.45) is 11.1 Å². The minimum Gasteiger partial charge on any atom is -0.466 e. The number of rotatable bonds is 3. The van der Waals surface area contributed by atoms with Gasteiger partial charge in [-0.25, -0.2) is 0 Å². The van der Waals surface area contributed by atoms with E-state index in [1.807, 2.05) is 13.0 Å². The fourth-order valence-electron chi connectivity index (χ4n) is 2.96. The number of aliphatic hydroxyl groups excluding tert-OH is 1. The van der Waals surface area contributed by atoms with Crippen molar-refractivity contribution >= 4 is 0 Å². The first kappa shape index (κ1) is 12.7. The third-order valence-electron chi connectivity index (χ3n) is 4.24. The first-order chi connectivity index (χ1) is 8.19. The van der Waals surface area contributed by atoms with Crippen molar-refractivity contribution in [1.82, 2.24) is 0 Å². The van der Waals surface area contributed by atoms with Crippen LogP contribution in [0.25, 0.3) is 0 Å². The van der Waals surface area contributed by atoms with Crippen molar-refractivity contribution in [2.45, 2.75) is 51.6 Å². The summed E-state index contributed by atoms with van der Waals surface area (Å²) in [5, 5.41) is 10.6. The van der Waals surface area contributed by atoms with E-state index in [1.54, 1.807) is 6.26 Å². The molecular weight excluding hydrogens is 214 g/mol. The van der Waals surface area contributed by atoms with E-state index >= 15 is 0 Å². The summed E-state index contributed by atoms with van der Waals surface area (Å²) < 4.78 is 5.44. The highest BCUT2D eigenvalue weighted by Crippen LogP contribution is 2.45. The molecule has 0 spiro atoms. The van der Waals surface area contributed by atoms with Gasteiger partial charge in [0.1, 0.15) is 11.9 Å². The Morgan fingerprint density at radius 1 is 1.35 bits per heavy atom. The summed E-state index contributed by atoms with van der Waals surface area (Å²) >= 11 is 0. The second-order valence-corrected chi connectivity index (χ2v) is 5.35. The Morgan fingerprint density at radius 2 is 2.00 bits per heavy atom. The van der Waals surface area contributed by atoms with Crippen LogP contribution in [0.4, 0.5) is 0 Å². The lowest BCUT2D eigenvalue weighted by Gasteiger charge is -2.35. The maximum Gasteiger partial charge on any atom is 0.135 e. The molecule has 2 rings (SSSR count). The number of nitrogens with two attached hydrogens (primary N) is 1. The predicted octanol–water partition coefficient (Wildman–Crippen LogP) is 2.92. The monoisotopic (exact) mass is 237 g/mol. The largest absolute Gasteiger partial charge is 0.466 e. The summed E-state index contributed by atoms with van der Waals surface area (Å²) in [5.41, 5.74) is 6.80. The van der Waals surface area contributed by atoms with Crippen molar-refractivity contribution < 1.29 is 9.52 Å². The van der Waals surface area contributed by atoms with Crippen molar-refractivity contribution in [3.05, 3.63) is 23.7 Å². The maximum absolute atomic E-state index is 10.6. The third kappa shape index (κ3) is 2.40. The van der Waals surface area contributed by atoms with Crippen LogP contribution in [-0.4, -0.2) is 11.7 Å². The number of hydrogen-bond donors (Lipinski definition) is 2. The van der Waals surface area contributed by atoms with E-state index in [0.29, 0.717) is 12.3 Å². The zero-order valence-corrected chi connectivity index (χ0v) is 10.6. The van der Waals surface area contributed by atoms with Crippen molar-refractivity contribution in [2.75, 3.05) is 6.54 Å². The minimum atomic E-state index is -0.555. The van der Waals surface area contributed by atoms with Gasteiger partial charge in [-0.3, -0.25) is 0 Å². The molecule has 1 fully saturated rings. The third-order valence-corrected chi connectivity index (χ3v) is 4.24. The highest BCUT2D eigenvalue weighted by Gasteiger charge is 2.39. The fraction of sp³-hybridized carbons (Fsp3) is 0.714. The molecule has 1 saturated carbocycles. The second kappa shape index (κ2) is 5.23. The van der Waals surface area contributed by atoms with Gasteiger partial charge in [-0.2, -0.15) is 0 Å². The number of aliphatic hydroxyl groups is 1. The van der Waals surface area contributed by atoms with Gasteiger partial charge in [-0.15, -0.1) is 0 Å². The summed E-state index contributed by atoms with van der Waals surface area (Å²) in [6, 6.07) is 1.90. The van der Waals surface area contributed by atoms with Gasteiger partial charge in [0.15, 0.2) is 0 Å². The molecule has 0 bridgehead atoms. The zero-order chi connectivity index (χ0) is 12.3. The smallest absolute Gasteiger partial charge is 0.135 e. The summed E-state index contributed by atoms with van der Waals surface area (Å²) in [5.74, 6) is 0.706. The van der Waals surface area contributed by atoms with Crippen molar-refractivity contribution in [1.29, 1.82) is 0 Å². The highest BCUT2D eigenvalue weighted by atomic mass is 16.4. The quantitative estimate of drug-likeness (QED) is 0.795. The summed E-state index contributed by atoms with van der Waals surface area (Å²) in [6.45, 7) is 2.51. The molecule has 1 heterocycles. The van der Waals surface area contributed by atoms with Crippen LogP contribution in [0.1, 0.15) is 56.0 Å². The van der Waals surface area contributed by atoms with Crippen LogP contribution in [0.3, 0.4) is 0 Å². The standard InChI is InChI=1S/C14H23NO2/c1-11-6-9-17-12(11)13(16)14(10-15)7-4-2-3-5-8-14/h6,9,13,16H,2-5,7-8,10,15H2,1H3. The van der Waals surface area contributed by atoms with Gasteiger partial charge in [0.2, 0.25) is 0 Å². The fourth-order valence-corrected chi connectivity index (χ4v) is 2.96. The average Bonchev–Trinajstić information content (AvgIpc) is 2.64. The Morgan fingerprint density at radius 3 is 2.47 bits per heavy atom. The van der Waals surface area contributed by atoms with E-state index in [9.17, 15) is 5.11 Å². The highest BCUT2D eigenvalue weighted by molar-refractivity contribution is 5.19. The Labute approximate surface area is 103 Å². The summed E-state index contributed by atoms with van der Waals surface area (Å²) in [7, 11) is 0. The van der Waals surface area contributed by atoms with Gasteiger partial charge in [-0.1, -0.05) is 25.7 Å². The molecule has 3 nitrogen and oxygen atoms in total. The van der Waals surface area contributed by atoms with Gasteiger partial charge in [0, 0.05) is 12.0 Å².